The zero-order valence-electron chi connectivity index (χ0n) is 14.2. The maximum absolute atomic E-state index is 12.9. The molecule has 0 aliphatic carbocycles. The second-order valence-corrected chi connectivity index (χ2v) is 6.51. The zero-order valence-corrected chi connectivity index (χ0v) is 14.2. The first-order chi connectivity index (χ1) is 12.5. The number of carboxylic acids is 1. The highest BCUT2D eigenvalue weighted by Gasteiger charge is 2.49. The zero-order chi connectivity index (χ0) is 18.7. The SMILES string of the molecule is O=C([O-])CCCC(=O)N1CC[C@H]2NC(=O)N(Cc3ccccc3)C(=O)[C@H]21. The van der Waals surface area contributed by atoms with Crippen LogP contribution >= 0.6 is 0 Å². The summed E-state index contributed by atoms with van der Waals surface area (Å²) >= 11 is 0. The summed E-state index contributed by atoms with van der Waals surface area (Å²) < 4.78 is 0. The fourth-order valence-electron chi connectivity index (χ4n) is 3.47. The van der Waals surface area contributed by atoms with E-state index in [0.29, 0.717) is 13.0 Å². The number of nitrogens with zero attached hydrogens (tertiary/aromatic N) is 2. The van der Waals surface area contributed by atoms with Gasteiger partial charge in [0, 0.05) is 18.9 Å². The molecular weight excluding hydrogens is 338 g/mol. The highest BCUT2D eigenvalue weighted by molar-refractivity contribution is 6.02. The van der Waals surface area contributed by atoms with Gasteiger partial charge in [-0.25, -0.2) is 4.79 Å². The maximum Gasteiger partial charge on any atom is 0.324 e. The minimum atomic E-state index is -1.20. The average molecular weight is 358 g/mol. The molecule has 0 spiro atoms. The van der Waals surface area contributed by atoms with Crippen LogP contribution in [-0.2, 0) is 20.9 Å². The van der Waals surface area contributed by atoms with Crippen LogP contribution in [0.2, 0.25) is 0 Å². The number of nitrogens with one attached hydrogen (secondary N) is 1. The van der Waals surface area contributed by atoms with E-state index >= 15 is 0 Å². The summed E-state index contributed by atoms with van der Waals surface area (Å²) in [6.45, 7) is 0.506. The van der Waals surface area contributed by atoms with Gasteiger partial charge in [-0.2, -0.15) is 0 Å². The Balaban J connectivity index is 1.70. The number of benzene rings is 1. The van der Waals surface area contributed by atoms with E-state index in [1.54, 1.807) is 0 Å². The summed E-state index contributed by atoms with van der Waals surface area (Å²) in [4.78, 5) is 50.7. The lowest BCUT2D eigenvalue weighted by Gasteiger charge is -2.37. The largest absolute Gasteiger partial charge is 0.550 e. The molecule has 2 heterocycles. The first-order valence-corrected chi connectivity index (χ1v) is 8.62. The smallest absolute Gasteiger partial charge is 0.324 e. The van der Waals surface area contributed by atoms with E-state index in [4.69, 9.17) is 0 Å². The number of likely N-dealkylation sites (tertiary alicyclic amines) is 1. The van der Waals surface area contributed by atoms with Crippen LogP contribution in [0.15, 0.2) is 30.3 Å². The molecule has 2 saturated heterocycles. The van der Waals surface area contributed by atoms with Gasteiger partial charge in [-0.3, -0.25) is 14.5 Å². The van der Waals surface area contributed by atoms with Gasteiger partial charge in [0.1, 0.15) is 6.04 Å². The Bertz CT molecular complexity index is 721. The van der Waals surface area contributed by atoms with Crippen LogP contribution in [-0.4, -0.2) is 52.2 Å². The fourth-order valence-corrected chi connectivity index (χ4v) is 3.47. The number of carboxylic acid groups (broad SMARTS) is 1. The monoisotopic (exact) mass is 358 g/mol. The molecule has 2 atom stereocenters. The lowest BCUT2D eigenvalue weighted by molar-refractivity contribution is -0.305. The summed E-state index contributed by atoms with van der Waals surface area (Å²) in [5, 5.41) is 13.3. The second-order valence-electron chi connectivity index (χ2n) is 6.51. The predicted octanol–water partition coefficient (Wildman–Crippen LogP) is -0.372. The third kappa shape index (κ3) is 3.68. The van der Waals surface area contributed by atoms with E-state index in [1.165, 1.54) is 4.90 Å². The summed E-state index contributed by atoms with van der Waals surface area (Å²) in [6, 6.07) is 7.57. The summed E-state index contributed by atoms with van der Waals surface area (Å²) in [5.74, 6) is -1.87. The normalized spacial score (nSPS) is 22.2. The topological polar surface area (TPSA) is 110 Å². The highest BCUT2D eigenvalue weighted by Crippen LogP contribution is 2.26. The molecule has 0 aromatic heterocycles. The van der Waals surface area contributed by atoms with Crippen molar-refractivity contribution >= 4 is 23.8 Å². The molecule has 1 aromatic rings. The Kier molecular flexibility index (Phi) is 5.20. The molecule has 138 valence electrons. The van der Waals surface area contributed by atoms with Crippen molar-refractivity contribution < 1.29 is 24.3 Å². The van der Waals surface area contributed by atoms with Gasteiger partial charge < -0.3 is 20.1 Å². The molecule has 3 rings (SSSR count). The van der Waals surface area contributed by atoms with Crippen LogP contribution in [0.25, 0.3) is 0 Å². The minimum Gasteiger partial charge on any atom is -0.550 e. The Morgan fingerprint density at radius 3 is 2.58 bits per heavy atom. The van der Waals surface area contributed by atoms with Crippen LogP contribution < -0.4 is 10.4 Å². The van der Waals surface area contributed by atoms with Gasteiger partial charge in [0.25, 0.3) is 5.91 Å². The quantitative estimate of drug-likeness (QED) is 0.746. The minimum absolute atomic E-state index is 0.0388. The Hall–Kier alpha value is -2.90. The molecule has 1 aromatic carbocycles. The first kappa shape index (κ1) is 17.9. The van der Waals surface area contributed by atoms with E-state index in [1.807, 2.05) is 30.3 Å². The van der Waals surface area contributed by atoms with Crippen molar-refractivity contribution in [3.63, 3.8) is 0 Å². The van der Waals surface area contributed by atoms with Gasteiger partial charge in [-0.05, 0) is 24.8 Å². The molecule has 4 amide bonds. The van der Waals surface area contributed by atoms with Crippen molar-refractivity contribution in [2.45, 2.75) is 44.3 Å². The molecule has 8 nitrogen and oxygen atoms in total. The molecule has 8 heteroatoms. The number of aliphatic carboxylic acids is 1. The number of amides is 4. The number of urea groups is 1. The van der Waals surface area contributed by atoms with Crippen LogP contribution in [0.3, 0.4) is 0 Å². The van der Waals surface area contributed by atoms with Crippen molar-refractivity contribution in [1.82, 2.24) is 15.1 Å². The van der Waals surface area contributed by atoms with Crippen LogP contribution in [0, 0.1) is 0 Å². The van der Waals surface area contributed by atoms with E-state index in [-0.39, 0.29) is 31.7 Å². The van der Waals surface area contributed by atoms with Crippen LogP contribution in [0.1, 0.15) is 31.2 Å². The van der Waals surface area contributed by atoms with Crippen LogP contribution in [0.5, 0.6) is 0 Å². The molecule has 0 saturated carbocycles. The van der Waals surface area contributed by atoms with Gasteiger partial charge in [0.15, 0.2) is 0 Å². The molecule has 2 aliphatic heterocycles. The number of rotatable bonds is 6. The molecule has 1 N–H and O–H groups in total. The van der Waals surface area contributed by atoms with E-state index in [0.717, 1.165) is 10.5 Å². The summed E-state index contributed by atoms with van der Waals surface area (Å²) in [7, 11) is 0. The maximum atomic E-state index is 12.9. The van der Waals surface area contributed by atoms with Gasteiger partial charge in [-0.1, -0.05) is 30.3 Å². The standard InChI is InChI=1S/C18H21N3O5/c22-14(7-4-8-15(23)24)20-10-9-13-16(20)17(25)21(18(26)19-13)11-12-5-2-1-3-6-12/h1-3,5-6,13,16H,4,7-11H2,(H,19,26)(H,23,24)/p-1/t13-,16+/m1/s1. The van der Waals surface area contributed by atoms with Crippen molar-refractivity contribution in [2.24, 2.45) is 0 Å². The predicted molar refractivity (Wildman–Crippen MR) is 88.3 cm³/mol. The highest BCUT2D eigenvalue weighted by atomic mass is 16.4. The van der Waals surface area contributed by atoms with Crippen molar-refractivity contribution in [2.75, 3.05) is 6.54 Å². The first-order valence-electron chi connectivity index (χ1n) is 8.62. The van der Waals surface area contributed by atoms with Gasteiger partial charge >= 0.3 is 6.03 Å². The number of imide groups is 1. The van der Waals surface area contributed by atoms with Gasteiger partial charge in [-0.15, -0.1) is 0 Å². The molecule has 0 bridgehead atoms. The van der Waals surface area contributed by atoms with Crippen molar-refractivity contribution in [3.05, 3.63) is 35.9 Å². The number of fused-ring (bicyclic) bond motifs is 1. The Morgan fingerprint density at radius 2 is 1.88 bits per heavy atom. The van der Waals surface area contributed by atoms with E-state index < -0.39 is 30.0 Å². The third-order valence-electron chi connectivity index (χ3n) is 4.75. The van der Waals surface area contributed by atoms with E-state index in [2.05, 4.69) is 5.32 Å². The van der Waals surface area contributed by atoms with Gasteiger partial charge in [0.05, 0.1) is 12.6 Å². The third-order valence-corrected chi connectivity index (χ3v) is 4.75. The number of hydrogen-bond donors (Lipinski definition) is 1. The Labute approximate surface area is 150 Å². The lowest BCUT2D eigenvalue weighted by Crippen LogP contribution is -2.64. The van der Waals surface area contributed by atoms with Crippen molar-refractivity contribution in [3.8, 4) is 0 Å². The molecule has 2 aliphatic rings. The average Bonchev–Trinajstić information content (AvgIpc) is 3.03. The fraction of sp³-hybridized carbons (Fsp3) is 0.444. The summed E-state index contributed by atoms with van der Waals surface area (Å²) in [5.41, 5.74) is 0.819. The van der Waals surface area contributed by atoms with Gasteiger partial charge in [0.2, 0.25) is 5.91 Å². The van der Waals surface area contributed by atoms with Crippen LogP contribution in [0.4, 0.5) is 4.79 Å². The number of carbonyl (C=O) groups excluding carboxylic acids is 4. The number of carbonyl (C=O) groups is 4. The molecule has 0 unspecified atom stereocenters. The molecular formula is C18H20N3O5-. The lowest BCUT2D eigenvalue weighted by atomic mass is 10.0. The molecule has 0 radical (unpaired) electrons. The Morgan fingerprint density at radius 1 is 1.15 bits per heavy atom. The molecule has 26 heavy (non-hydrogen) atoms. The van der Waals surface area contributed by atoms with E-state index in [9.17, 15) is 24.3 Å². The van der Waals surface area contributed by atoms with Crippen molar-refractivity contribution in [1.29, 1.82) is 0 Å². The summed E-state index contributed by atoms with van der Waals surface area (Å²) in [6.07, 6.45) is 0.520. The molecule has 2 fully saturated rings. The second kappa shape index (κ2) is 7.55. The number of hydrogen-bond acceptors (Lipinski definition) is 5.